The fourth-order valence-corrected chi connectivity index (χ4v) is 5.05. The summed E-state index contributed by atoms with van der Waals surface area (Å²) in [5, 5.41) is 3.33. The molecule has 0 radical (unpaired) electrons. The van der Waals surface area contributed by atoms with Crippen LogP contribution < -0.4 is 0 Å². The minimum absolute atomic E-state index is 0.702. The molecule has 0 unspecified atom stereocenters. The molecule has 5 heteroatoms. The van der Waals surface area contributed by atoms with Crippen LogP contribution in [0.25, 0.3) is 22.0 Å². The van der Waals surface area contributed by atoms with Crippen LogP contribution in [0, 0.1) is 5.92 Å². The van der Waals surface area contributed by atoms with Gasteiger partial charge in [-0.15, -0.1) is 11.3 Å². The summed E-state index contributed by atoms with van der Waals surface area (Å²) >= 11 is 1.75. The second kappa shape index (κ2) is 8.94. The molecule has 30 heavy (non-hydrogen) atoms. The number of hydrogen-bond acceptors (Lipinski definition) is 4. The van der Waals surface area contributed by atoms with Gasteiger partial charge in [0.2, 0.25) is 0 Å². The van der Waals surface area contributed by atoms with E-state index in [0.717, 1.165) is 37.0 Å². The summed E-state index contributed by atoms with van der Waals surface area (Å²) in [6, 6.07) is 20.9. The Morgan fingerprint density at radius 2 is 1.60 bits per heavy atom. The fraction of sp³-hybridized carbons (Fsp3) is 0.280. The third kappa shape index (κ3) is 4.37. The zero-order valence-electron chi connectivity index (χ0n) is 17.0. The fourth-order valence-electron chi connectivity index (χ4n) is 4.23. The van der Waals surface area contributed by atoms with Crippen LogP contribution in [0.15, 0.2) is 78.4 Å². The Hall–Kier alpha value is -2.76. The summed E-state index contributed by atoms with van der Waals surface area (Å²) in [5.41, 5.74) is 3.60. The van der Waals surface area contributed by atoms with E-state index < -0.39 is 0 Å². The van der Waals surface area contributed by atoms with Gasteiger partial charge in [-0.1, -0.05) is 60.7 Å². The highest BCUT2D eigenvalue weighted by Gasteiger charge is 2.21. The zero-order chi connectivity index (χ0) is 20.2. The van der Waals surface area contributed by atoms with Crippen molar-refractivity contribution in [3.05, 3.63) is 84.1 Å². The molecular weight excluding hydrogens is 388 g/mol. The quantitative estimate of drug-likeness (QED) is 0.413. The first-order chi connectivity index (χ1) is 14.8. The smallest absolute Gasteiger partial charge is 0.139 e. The van der Waals surface area contributed by atoms with Crippen LogP contribution in [0.4, 0.5) is 0 Å². The van der Waals surface area contributed by atoms with Gasteiger partial charge >= 0.3 is 0 Å². The minimum atomic E-state index is 0.702. The molecule has 1 aliphatic heterocycles. The van der Waals surface area contributed by atoms with E-state index >= 15 is 0 Å². The van der Waals surface area contributed by atoms with Crippen molar-refractivity contribution < 1.29 is 0 Å². The van der Waals surface area contributed by atoms with Gasteiger partial charge in [0.25, 0.3) is 0 Å². The van der Waals surface area contributed by atoms with Gasteiger partial charge in [-0.2, -0.15) is 0 Å². The zero-order valence-corrected chi connectivity index (χ0v) is 17.8. The number of benzene rings is 2. The number of likely N-dealkylation sites (tertiary alicyclic amines) is 1. The summed E-state index contributed by atoms with van der Waals surface area (Å²) in [4.78, 5) is 12.0. The molecule has 0 atom stereocenters. The normalized spacial score (nSPS) is 15.5. The largest absolute Gasteiger partial charge is 0.331 e. The molecule has 0 spiro atoms. The molecule has 2 aromatic heterocycles. The van der Waals surface area contributed by atoms with Crippen molar-refractivity contribution >= 4 is 11.3 Å². The van der Waals surface area contributed by atoms with E-state index in [1.807, 2.05) is 6.20 Å². The van der Waals surface area contributed by atoms with Crippen LogP contribution in [0.2, 0.25) is 0 Å². The van der Waals surface area contributed by atoms with Crippen LogP contribution in [-0.2, 0) is 13.1 Å². The van der Waals surface area contributed by atoms with Gasteiger partial charge in [-0.25, -0.2) is 9.97 Å². The van der Waals surface area contributed by atoms with Gasteiger partial charge in [0.05, 0.1) is 5.69 Å². The number of rotatable bonds is 6. The lowest BCUT2D eigenvalue weighted by Gasteiger charge is -2.31. The Morgan fingerprint density at radius 1 is 0.900 bits per heavy atom. The maximum atomic E-state index is 4.86. The molecule has 1 fully saturated rings. The Morgan fingerprint density at radius 3 is 2.33 bits per heavy atom. The van der Waals surface area contributed by atoms with E-state index in [1.165, 1.54) is 29.7 Å². The maximum absolute atomic E-state index is 4.86. The topological polar surface area (TPSA) is 34.0 Å². The predicted octanol–water partition coefficient (Wildman–Crippen LogP) is 5.59. The first-order valence-corrected chi connectivity index (χ1v) is 11.5. The standard InChI is InChI=1S/C25H26N4S/c1-3-7-21(8-4-1)24-26-13-16-29(24)17-20-11-14-28(15-12-20)18-23-19-30-25(27-23)22-9-5-2-6-10-22/h1-10,13,16,19-20H,11-12,14-15,17-18H2. The lowest BCUT2D eigenvalue weighted by Crippen LogP contribution is -2.34. The summed E-state index contributed by atoms with van der Waals surface area (Å²) in [5.74, 6) is 1.78. The minimum Gasteiger partial charge on any atom is -0.331 e. The van der Waals surface area contributed by atoms with Gasteiger partial charge in [0.1, 0.15) is 10.8 Å². The molecule has 5 rings (SSSR count). The van der Waals surface area contributed by atoms with Crippen LogP contribution in [-0.4, -0.2) is 32.5 Å². The van der Waals surface area contributed by atoms with Gasteiger partial charge in [0.15, 0.2) is 0 Å². The molecule has 0 amide bonds. The van der Waals surface area contributed by atoms with Crippen molar-refractivity contribution in [1.82, 2.24) is 19.4 Å². The second-order valence-corrected chi connectivity index (χ2v) is 8.86. The van der Waals surface area contributed by atoms with Crippen molar-refractivity contribution in [3.8, 4) is 22.0 Å². The van der Waals surface area contributed by atoms with Crippen molar-refractivity contribution in [2.75, 3.05) is 13.1 Å². The lowest BCUT2D eigenvalue weighted by atomic mass is 9.96. The molecule has 0 saturated carbocycles. The molecule has 0 N–H and O–H groups in total. The summed E-state index contributed by atoms with van der Waals surface area (Å²) < 4.78 is 2.32. The van der Waals surface area contributed by atoms with E-state index in [-0.39, 0.29) is 0 Å². The van der Waals surface area contributed by atoms with Crippen molar-refractivity contribution in [2.45, 2.75) is 25.9 Å². The van der Waals surface area contributed by atoms with E-state index in [4.69, 9.17) is 4.98 Å². The van der Waals surface area contributed by atoms with Gasteiger partial charge in [-0.3, -0.25) is 4.90 Å². The van der Waals surface area contributed by atoms with Crippen LogP contribution in [0.1, 0.15) is 18.5 Å². The highest BCUT2D eigenvalue weighted by atomic mass is 32.1. The molecule has 3 heterocycles. The summed E-state index contributed by atoms with van der Waals surface area (Å²) in [7, 11) is 0. The lowest BCUT2D eigenvalue weighted by molar-refractivity contribution is 0.166. The number of piperidine rings is 1. The summed E-state index contributed by atoms with van der Waals surface area (Å²) in [6.07, 6.45) is 6.49. The third-order valence-electron chi connectivity index (χ3n) is 5.87. The average Bonchev–Trinajstić information content (AvgIpc) is 3.46. The first kappa shape index (κ1) is 19.2. The van der Waals surface area contributed by atoms with Crippen molar-refractivity contribution in [2.24, 2.45) is 5.92 Å². The maximum Gasteiger partial charge on any atom is 0.139 e. The SMILES string of the molecule is c1ccc(-c2nc(CN3CCC(Cn4ccnc4-c4ccccc4)CC3)cs2)cc1. The molecule has 2 aromatic carbocycles. The molecule has 1 saturated heterocycles. The molecular formula is C25H26N4S. The molecule has 0 aliphatic carbocycles. The Bertz CT molecular complexity index is 1060. The van der Waals surface area contributed by atoms with Crippen molar-refractivity contribution in [3.63, 3.8) is 0 Å². The highest BCUT2D eigenvalue weighted by Crippen LogP contribution is 2.26. The Labute approximate surface area is 181 Å². The molecule has 0 bridgehead atoms. The Kier molecular flexibility index (Phi) is 5.73. The monoisotopic (exact) mass is 414 g/mol. The number of thiazole rings is 1. The molecule has 4 nitrogen and oxygen atoms in total. The molecule has 4 aromatic rings. The van der Waals surface area contributed by atoms with Crippen LogP contribution >= 0.6 is 11.3 Å². The van der Waals surface area contributed by atoms with E-state index in [0.29, 0.717) is 5.92 Å². The van der Waals surface area contributed by atoms with E-state index in [2.05, 4.69) is 86.7 Å². The number of nitrogens with zero attached hydrogens (tertiary/aromatic N) is 4. The number of imidazole rings is 1. The van der Waals surface area contributed by atoms with Crippen molar-refractivity contribution in [1.29, 1.82) is 0 Å². The number of hydrogen-bond donors (Lipinski definition) is 0. The third-order valence-corrected chi connectivity index (χ3v) is 6.81. The molecule has 1 aliphatic rings. The van der Waals surface area contributed by atoms with Gasteiger partial charge < -0.3 is 4.57 Å². The molecule has 152 valence electrons. The predicted molar refractivity (Wildman–Crippen MR) is 123 cm³/mol. The average molecular weight is 415 g/mol. The van der Waals surface area contributed by atoms with Crippen LogP contribution in [0.5, 0.6) is 0 Å². The van der Waals surface area contributed by atoms with Gasteiger partial charge in [-0.05, 0) is 31.8 Å². The first-order valence-electron chi connectivity index (χ1n) is 10.6. The van der Waals surface area contributed by atoms with Gasteiger partial charge in [0, 0.05) is 42.0 Å². The van der Waals surface area contributed by atoms with E-state index in [1.54, 1.807) is 11.3 Å². The highest BCUT2D eigenvalue weighted by molar-refractivity contribution is 7.13. The van der Waals surface area contributed by atoms with Crippen LogP contribution in [0.3, 0.4) is 0 Å². The second-order valence-electron chi connectivity index (χ2n) is 8.00. The van der Waals surface area contributed by atoms with E-state index in [9.17, 15) is 0 Å². The number of aromatic nitrogens is 3. The summed E-state index contributed by atoms with van der Waals surface area (Å²) in [6.45, 7) is 4.28. The Balaban J connectivity index is 1.16.